The van der Waals surface area contributed by atoms with Crippen LogP contribution in [0.5, 0.6) is 0 Å². The number of nitrogens with one attached hydrogen (secondary N) is 2. The van der Waals surface area contributed by atoms with Gasteiger partial charge in [-0.05, 0) is 37.2 Å². The zero-order valence-electron chi connectivity index (χ0n) is 11.2. The predicted octanol–water partition coefficient (Wildman–Crippen LogP) is 4.09. The van der Waals surface area contributed by atoms with Crippen molar-refractivity contribution in [1.29, 1.82) is 0 Å². The molecule has 0 bridgehead atoms. The molecular weight excluding hydrogens is 318 g/mol. The summed E-state index contributed by atoms with van der Waals surface area (Å²) in [7, 11) is 0. The van der Waals surface area contributed by atoms with Crippen LogP contribution >= 0.6 is 15.9 Å². The number of aromatic nitrogens is 2. The summed E-state index contributed by atoms with van der Waals surface area (Å²) in [4.78, 5) is 0. The molecule has 0 amide bonds. The van der Waals surface area contributed by atoms with E-state index in [-0.39, 0.29) is 0 Å². The van der Waals surface area contributed by atoms with Crippen LogP contribution in [0, 0.1) is 0 Å². The van der Waals surface area contributed by atoms with E-state index in [0.29, 0.717) is 0 Å². The summed E-state index contributed by atoms with van der Waals surface area (Å²) in [6, 6.07) is 8.03. The third-order valence-electron chi connectivity index (χ3n) is 3.18. The lowest BCUT2D eigenvalue weighted by molar-refractivity contribution is 0.624. The lowest BCUT2D eigenvalue weighted by atomic mass is 10.2. The summed E-state index contributed by atoms with van der Waals surface area (Å²) in [5.41, 5.74) is 2.95. The van der Waals surface area contributed by atoms with E-state index in [2.05, 4.69) is 38.4 Å². The van der Waals surface area contributed by atoms with Gasteiger partial charge in [-0.2, -0.15) is 5.10 Å². The predicted molar refractivity (Wildman–Crippen MR) is 83.5 cm³/mol. The Balaban J connectivity index is 1.92. The fourth-order valence-corrected chi connectivity index (χ4v) is 2.57. The molecule has 0 aliphatic heterocycles. The molecule has 1 aromatic carbocycles. The van der Waals surface area contributed by atoms with Crippen molar-refractivity contribution in [2.75, 3.05) is 6.54 Å². The number of aromatic amines is 1. The molecule has 20 heavy (non-hydrogen) atoms. The second-order valence-electron chi connectivity index (χ2n) is 4.74. The third kappa shape index (κ3) is 2.64. The minimum atomic E-state index is 0.792. The molecule has 0 saturated carbocycles. The van der Waals surface area contributed by atoms with E-state index in [4.69, 9.17) is 4.42 Å². The van der Waals surface area contributed by atoms with E-state index in [1.807, 2.05) is 30.5 Å². The molecule has 104 valence electrons. The second-order valence-corrected chi connectivity index (χ2v) is 5.66. The van der Waals surface area contributed by atoms with Crippen molar-refractivity contribution in [1.82, 2.24) is 15.5 Å². The largest absolute Gasteiger partial charge is 0.454 e. The van der Waals surface area contributed by atoms with Crippen molar-refractivity contribution in [3.05, 3.63) is 40.5 Å². The molecule has 2 heterocycles. The lowest BCUT2D eigenvalue weighted by Gasteiger charge is -2.02. The van der Waals surface area contributed by atoms with Crippen LogP contribution in [0.15, 0.2) is 39.4 Å². The van der Waals surface area contributed by atoms with Crippen molar-refractivity contribution in [3.63, 3.8) is 0 Å². The van der Waals surface area contributed by atoms with Crippen molar-refractivity contribution in [2.24, 2.45) is 0 Å². The van der Waals surface area contributed by atoms with Crippen LogP contribution < -0.4 is 5.32 Å². The number of nitrogens with zero attached hydrogens (tertiary/aromatic N) is 1. The van der Waals surface area contributed by atoms with Gasteiger partial charge in [-0.25, -0.2) is 0 Å². The maximum atomic E-state index is 5.89. The van der Waals surface area contributed by atoms with Gasteiger partial charge in [-0.15, -0.1) is 0 Å². The molecule has 0 saturated heterocycles. The van der Waals surface area contributed by atoms with Crippen LogP contribution in [-0.4, -0.2) is 16.7 Å². The molecule has 0 spiro atoms. The van der Waals surface area contributed by atoms with Gasteiger partial charge < -0.3 is 9.73 Å². The van der Waals surface area contributed by atoms with Crippen LogP contribution in [0.25, 0.3) is 22.4 Å². The zero-order valence-corrected chi connectivity index (χ0v) is 12.8. The highest BCUT2D eigenvalue weighted by Gasteiger charge is 2.12. The maximum Gasteiger partial charge on any atom is 0.153 e. The molecule has 0 fully saturated rings. The summed E-state index contributed by atoms with van der Waals surface area (Å²) in [6.07, 6.45) is 2.97. The molecule has 0 aliphatic carbocycles. The molecule has 3 aromatic rings. The number of rotatable bonds is 5. The topological polar surface area (TPSA) is 53.9 Å². The standard InChI is InChI=1S/C15H16BrN3O/c1-2-5-17-8-11-9-18-19-15(11)14-7-10-6-12(16)3-4-13(10)20-14/h3-4,6-7,9,17H,2,5,8H2,1H3,(H,18,19). The van der Waals surface area contributed by atoms with E-state index in [9.17, 15) is 0 Å². The maximum absolute atomic E-state index is 5.89. The number of hydrogen-bond donors (Lipinski definition) is 2. The van der Waals surface area contributed by atoms with Crippen LogP contribution in [0.3, 0.4) is 0 Å². The SMILES string of the molecule is CCCNCc1cn[nH]c1-c1cc2cc(Br)ccc2o1. The van der Waals surface area contributed by atoms with E-state index in [1.54, 1.807) is 0 Å². The molecule has 0 aliphatic rings. The van der Waals surface area contributed by atoms with E-state index in [1.165, 1.54) is 0 Å². The Morgan fingerprint density at radius 2 is 2.25 bits per heavy atom. The van der Waals surface area contributed by atoms with Gasteiger partial charge in [0.25, 0.3) is 0 Å². The van der Waals surface area contributed by atoms with E-state index >= 15 is 0 Å². The van der Waals surface area contributed by atoms with E-state index in [0.717, 1.165) is 52.0 Å². The highest BCUT2D eigenvalue weighted by molar-refractivity contribution is 9.10. The quantitative estimate of drug-likeness (QED) is 0.691. The average molecular weight is 334 g/mol. The Bertz CT molecular complexity index is 717. The van der Waals surface area contributed by atoms with Gasteiger partial charge in [0.1, 0.15) is 11.3 Å². The normalized spacial score (nSPS) is 11.3. The van der Waals surface area contributed by atoms with Crippen LogP contribution in [0.1, 0.15) is 18.9 Å². The molecule has 0 atom stereocenters. The fraction of sp³-hybridized carbons (Fsp3) is 0.267. The Hall–Kier alpha value is -1.59. The fourth-order valence-electron chi connectivity index (χ4n) is 2.20. The summed E-state index contributed by atoms with van der Waals surface area (Å²) < 4.78 is 6.94. The van der Waals surface area contributed by atoms with Crippen molar-refractivity contribution in [3.8, 4) is 11.5 Å². The highest BCUT2D eigenvalue weighted by atomic mass is 79.9. The Kier molecular flexibility index (Phi) is 3.89. The molecule has 2 aromatic heterocycles. The number of fused-ring (bicyclic) bond motifs is 1. The van der Waals surface area contributed by atoms with Crippen molar-refractivity contribution >= 4 is 26.9 Å². The van der Waals surface area contributed by atoms with Gasteiger partial charge in [-0.1, -0.05) is 22.9 Å². The second kappa shape index (κ2) is 5.81. The Labute approximate surface area is 125 Å². The number of hydrogen-bond acceptors (Lipinski definition) is 3. The molecule has 0 radical (unpaired) electrons. The van der Waals surface area contributed by atoms with Crippen LogP contribution in [0.4, 0.5) is 0 Å². The molecule has 3 rings (SSSR count). The lowest BCUT2D eigenvalue weighted by Crippen LogP contribution is -2.13. The third-order valence-corrected chi connectivity index (χ3v) is 3.68. The van der Waals surface area contributed by atoms with Gasteiger partial charge in [0.05, 0.1) is 6.20 Å². The first-order chi connectivity index (χ1) is 9.78. The summed E-state index contributed by atoms with van der Waals surface area (Å²) in [6.45, 7) is 3.94. The number of furan rings is 1. The molecule has 2 N–H and O–H groups in total. The van der Waals surface area contributed by atoms with Gasteiger partial charge in [-0.3, -0.25) is 5.10 Å². The number of benzene rings is 1. The average Bonchev–Trinajstić information content (AvgIpc) is 3.04. The molecule has 0 unspecified atom stereocenters. The van der Waals surface area contributed by atoms with Crippen LogP contribution in [0.2, 0.25) is 0 Å². The van der Waals surface area contributed by atoms with Crippen molar-refractivity contribution < 1.29 is 4.42 Å². The summed E-state index contributed by atoms with van der Waals surface area (Å²) in [5.74, 6) is 0.823. The monoisotopic (exact) mass is 333 g/mol. The van der Waals surface area contributed by atoms with Gasteiger partial charge in [0.2, 0.25) is 0 Å². The minimum Gasteiger partial charge on any atom is -0.454 e. The Morgan fingerprint density at radius 3 is 3.10 bits per heavy atom. The molecule has 4 nitrogen and oxygen atoms in total. The first-order valence-corrected chi connectivity index (χ1v) is 7.49. The highest BCUT2D eigenvalue weighted by Crippen LogP contribution is 2.30. The van der Waals surface area contributed by atoms with Gasteiger partial charge in [0, 0.05) is 22.0 Å². The van der Waals surface area contributed by atoms with Crippen molar-refractivity contribution in [2.45, 2.75) is 19.9 Å². The first kappa shape index (κ1) is 13.4. The summed E-state index contributed by atoms with van der Waals surface area (Å²) >= 11 is 3.48. The first-order valence-electron chi connectivity index (χ1n) is 6.70. The molecule has 5 heteroatoms. The number of H-pyrrole nitrogens is 1. The smallest absolute Gasteiger partial charge is 0.153 e. The van der Waals surface area contributed by atoms with E-state index < -0.39 is 0 Å². The number of halogens is 1. The van der Waals surface area contributed by atoms with Gasteiger partial charge >= 0.3 is 0 Å². The van der Waals surface area contributed by atoms with Gasteiger partial charge in [0.15, 0.2) is 5.76 Å². The zero-order chi connectivity index (χ0) is 13.9. The minimum absolute atomic E-state index is 0.792. The summed E-state index contributed by atoms with van der Waals surface area (Å²) in [5, 5.41) is 11.6. The Morgan fingerprint density at radius 1 is 1.35 bits per heavy atom. The molecular formula is C15H16BrN3O. The van der Waals surface area contributed by atoms with Crippen LogP contribution in [-0.2, 0) is 6.54 Å².